The van der Waals surface area contributed by atoms with Crippen LogP contribution in [0.4, 0.5) is 5.82 Å². The topological polar surface area (TPSA) is 37.8 Å². The maximum atomic E-state index is 5.71. The van der Waals surface area contributed by atoms with Crippen LogP contribution in [-0.2, 0) is 0 Å². The molecule has 82 valence electrons. The fourth-order valence-electron chi connectivity index (χ4n) is 1.71. The van der Waals surface area contributed by atoms with Gasteiger partial charge in [-0.3, -0.25) is 0 Å². The standard InChI is InChI=1S/C10H14ClN3S/c1-15-10(4-2-5-10)7-13-8-3-6-12-9(11)14-8/h3,6H,2,4-5,7H2,1H3,(H,12,13,14). The molecule has 1 aliphatic rings. The molecule has 0 bridgehead atoms. The number of aromatic nitrogens is 2. The number of rotatable bonds is 4. The highest BCUT2D eigenvalue weighted by Crippen LogP contribution is 2.42. The van der Waals surface area contributed by atoms with E-state index in [0.717, 1.165) is 12.4 Å². The van der Waals surface area contributed by atoms with E-state index in [9.17, 15) is 0 Å². The molecule has 0 aromatic carbocycles. The number of anilines is 1. The molecule has 2 rings (SSSR count). The quantitative estimate of drug-likeness (QED) is 0.826. The Kier molecular flexibility index (Phi) is 3.36. The average molecular weight is 244 g/mol. The summed E-state index contributed by atoms with van der Waals surface area (Å²) < 4.78 is 0.414. The first-order valence-electron chi connectivity index (χ1n) is 5.02. The Bertz CT molecular complexity index is 336. The highest BCUT2D eigenvalue weighted by Gasteiger charge is 2.35. The third-order valence-corrected chi connectivity index (χ3v) is 4.52. The van der Waals surface area contributed by atoms with Crippen molar-refractivity contribution in [3.05, 3.63) is 17.5 Å². The fraction of sp³-hybridized carbons (Fsp3) is 0.600. The van der Waals surface area contributed by atoms with Crippen LogP contribution in [0.1, 0.15) is 19.3 Å². The summed E-state index contributed by atoms with van der Waals surface area (Å²) in [6.45, 7) is 0.960. The van der Waals surface area contributed by atoms with E-state index in [-0.39, 0.29) is 0 Å². The summed E-state index contributed by atoms with van der Waals surface area (Å²) in [4.78, 5) is 7.95. The van der Waals surface area contributed by atoms with Crippen molar-refractivity contribution in [2.45, 2.75) is 24.0 Å². The van der Waals surface area contributed by atoms with E-state index in [0.29, 0.717) is 10.0 Å². The van der Waals surface area contributed by atoms with E-state index < -0.39 is 0 Å². The molecule has 1 aromatic rings. The highest BCUT2D eigenvalue weighted by atomic mass is 35.5. The second-order valence-corrected chi connectivity index (χ2v) is 5.42. The molecule has 0 saturated heterocycles. The minimum atomic E-state index is 0.298. The van der Waals surface area contributed by atoms with Crippen molar-refractivity contribution in [3.8, 4) is 0 Å². The zero-order valence-electron chi connectivity index (χ0n) is 8.66. The Morgan fingerprint density at radius 3 is 2.93 bits per heavy atom. The van der Waals surface area contributed by atoms with Crippen LogP contribution >= 0.6 is 23.4 Å². The minimum Gasteiger partial charge on any atom is -0.369 e. The third-order valence-electron chi connectivity index (χ3n) is 2.92. The van der Waals surface area contributed by atoms with Gasteiger partial charge in [-0.15, -0.1) is 0 Å². The van der Waals surface area contributed by atoms with Crippen molar-refractivity contribution >= 4 is 29.2 Å². The summed E-state index contributed by atoms with van der Waals surface area (Å²) in [7, 11) is 0. The molecule has 1 aliphatic carbocycles. The zero-order valence-corrected chi connectivity index (χ0v) is 10.2. The molecule has 1 aromatic heterocycles. The van der Waals surface area contributed by atoms with Crippen molar-refractivity contribution in [2.75, 3.05) is 18.1 Å². The van der Waals surface area contributed by atoms with E-state index in [4.69, 9.17) is 11.6 Å². The van der Waals surface area contributed by atoms with Gasteiger partial charge in [-0.25, -0.2) is 9.97 Å². The third kappa shape index (κ3) is 2.55. The van der Waals surface area contributed by atoms with Gasteiger partial charge in [-0.2, -0.15) is 11.8 Å². The molecule has 0 radical (unpaired) electrons. The van der Waals surface area contributed by atoms with Gasteiger partial charge < -0.3 is 5.32 Å². The lowest BCUT2D eigenvalue weighted by molar-refractivity contribution is 0.379. The van der Waals surface area contributed by atoms with Crippen molar-refractivity contribution in [1.29, 1.82) is 0 Å². The Labute approximate surface area is 99.0 Å². The SMILES string of the molecule is CSC1(CNc2ccnc(Cl)n2)CCC1. The molecule has 1 N–H and O–H groups in total. The first-order valence-corrected chi connectivity index (χ1v) is 6.62. The van der Waals surface area contributed by atoms with Gasteiger partial charge in [0.2, 0.25) is 5.28 Å². The Morgan fingerprint density at radius 2 is 2.40 bits per heavy atom. The number of nitrogens with one attached hydrogen (secondary N) is 1. The van der Waals surface area contributed by atoms with Crippen molar-refractivity contribution < 1.29 is 0 Å². The molecule has 3 nitrogen and oxygen atoms in total. The van der Waals surface area contributed by atoms with Crippen molar-refractivity contribution in [2.24, 2.45) is 0 Å². The van der Waals surface area contributed by atoms with Crippen molar-refractivity contribution in [3.63, 3.8) is 0 Å². The Morgan fingerprint density at radius 1 is 1.60 bits per heavy atom. The van der Waals surface area contributed by atoms with Gasteiger partial charge in [0, 0.05) is 17.5 Å². The number of hydrogen-bond acceptors (Lipinski definition) is 4. The van der Waals surface area contributed by atoms with E-state index >= 15 is 0 Å². The predicted octanol–water partition coefficient (Wildman–Crippen LogP) is 2.83. The van der Waals surface area contributed by atoms with Gasteiger partial charge in [0.05, 0.1) is 0 Å². The Balaban J connectivity index is 1.92. The van der Waals surface area contributed by atoms with Crippen LogP contribution in [0, 0.1) is 0 Å². The predicted molar refractivity (Wildman–Crippen MR) is 65.6 cm³/mol. The summed E-state index contributed by atoms with van der Waals surface area (Å²) in [6, 6.07) is 1.85. The fourth-order valence-corrected chi connectivity index (χ4v) is 2.77. The van der Waals surface area contributed by atoms with Crippen LogP contribution in [0.15, 0.2) is 12.3 Å². The molecule has 0 spiro atoms. The largest absolute Gasteiger partial charge is 0.369 e. The van der Waals surface area contributed by atoms with Crippen LogP contribution in [0.3, 0.4) is 0 Å². The van der Waals surface area contributed by atoms with E-state index in [1.807, 2.05) is 17.8 Å². The molecule has 1 heterocycles. The number of halogens is 1. The maximum absolute atomic E-state index is 5.71. The maximum Gasteiger partial charge on any atom is 0.224 e. The molecule has 15 heavy (non-hydrogen) atoms. The molecule has 0 unspecified atom stereocenters. The second-order valence-electron chi connectivity index (χ2n) is 3.81. The van der Waals surface area contributed by atoms with Gasteiger partial charge in [0.1, 0.15) is 5.82 Å². The summed E-state index contributed by atoms with van der Waals surface area (Å²) in [6.07, 6.45) is 7.77. The van der Waals surface area contributed by atoms with Crippen molar-refractivity contribution in [1.82, 2.24) is 9.97 Å². The molecule has 1 saturated carbocycles. The molecular weight excluding hydrogens is 230 g/mol. The second kappa shape index (κ2) is 4.58. The summed E-state index contributed by atoms with van der Waals surface area (Å²) in [5.74, 6) is 0.815. The lowest BCUT2D eigenvalue weighted by Gasteiger charge is -2.40. The minimum absolute atomic E-state index is 0.298. The number of hydrogen-bond donors (Lipinski definition) is 1. The molecule has 0 amide bonds. The smallest absolute Gasteiger partial charge is 0.224 e. The monoisotopic (exact) mass is 243 g/mol. The van der Waals surface area contributed by atoms with Crippen LogP contribution in [0.5, 0.6) is 0 Å². The summed E-state index contributed by atoms with van der Waals surface area (Å²) >= 11 is 7.65. The van der Waals surface area contributed by atoms with Gasteiger partial charge in [0.25, 0.3) is 0 Å². The molecule has 0 atom stereocenters. The van der Waals surface area contributed by atoms with Gasteiger partial charge in [-0.1, -0.05) is 6.42 Å². The van der Waals surface area contributed by atoms with Crippen LogP contribution in [0.25, 0.3) is 0 Å². The lowest BCUT2D eigenvalue weighted by atomic mass is 9.84. The van der Waals surface area contributed by atoms with Crippen LogP contribution in [0.2, 0.25) is 5.28 Å². The van der Waals surface area contributed by atoms with E-state index in [2.05, 4.69) is 21.5 Å². The van der Waals surface area contributed by atoms with E-state index in [1.165, 1.54) is 19.3 Å². The van der Waals surface area contributed by atoms with Crippen LogP contribution in [-0.4, -0.2) is 27.5 Å². The highest BCUT2D eigenvalue weighted by molar-refractivity contribution is 8.00. The zero-order chi connectivity index (χ0) is 10.7. The number of thioether (sulfide) groups is 1. The molecule has 5 heteroatoms. The lowest BCUT2D eigenvalue weighted by Crippen LogP contribution is -2.40. The van der Waals surface area contributed by atoms with Gasteiger partial charge >= 0.3 is 0 Å². The first-order chi connectivity index (χ1) is 7.24. The van der Waals surface area contributed by atoms with E-state index in [1.54, 1.807) is 6.20 Å². The average Bonchev–Trinajstić information content (AvgIpc) is 2.17. The molecular formula is C10H14ClN3S. The first kappa shape index (κ1) is 11.0. The normalized spacial score (nSPS) is 18.3. The Hall–Kier alpha value is -0.480. The van der Waals surface area contributed by atoms with Gasteiger partial charge in [-0.05, 0) is 36.8 Å². The number of nitrogens with zero attached hydrogens (tertiary/aromatic N) is 2. The molecule has 0 aliphatic heterocycles. The van der Waals surface area contributed by atoms with Gasteiger partial charge in [0.15, 0.2) is 0 Å². The summed E-state index contributed by atoms with van der Waals surface area (Å²) in [5, 5.41) is 3.62. The van der Waals surface area contributed by atoms with Crippen LogP contribution < -0.4 is 5.32 Å². The summed E-state index contributed by atoms with van der Waals surface area (Å²) in [5.41, 5.74) is 0. The molecule has 1 fully saturated rings.